The second kappa shape index (κ2) is 9.38. The van der Waals surface area contributed by atoms with Crippen LogP contribution in [0.3, 0.4) is 0 Å². The molecule has 1 aromatic carbocycles. The summed E-state index contributed by atoms with van der Waals surface area (Å²) >= 11 is 0. The van der Waals surface area contributed by atoms with Gasteiger partial charge in [0.25, 0.3) is 5.91 Å². The normalized spacial score (nSPS) is 15.7. The summed E-state index contributed by atoms with van der Waals surface area (Å²) in [5, 5.41) is 16.5. The maximum atomic E-state index is 12.4. The number of amides is 3. The second-order valence-electron chi connectivity index (χ2n) is 7.47. The van der Waals surface area contributed by atoms with Gasteiger partial charge >= 0.3 is 0 Å². The lowest BCUT2D eigenvalue weighted by atomic mass is 10.1. The van der Waals surface area contributed by atoms with Gasteiger partial charge in [-0.2, -0.15) is 0 Å². The van der Waals surface area contributed by atoms with Crippen LogP contribution in [0.2, 0.25) is 0 Å². The molecule has 2 aromatic heterocycles. The van der Waals surface area contributed by atoms with E-state index in [1.165, 1.54) is 0 Å². The number of nitrogens with zero attached hydrogens (tertiary/aromatic N) is 3. The number of para-hydroxylation sites is 1. The number of aryl methyl sites for hydroxylation is 1. The Morgan fingerprint density at radius 1 is 1.03 bits per heavy atom. The van der Waals surface area contributed by atoms with Crippen LogP contribution in [-0.2, 0) is 16.0 Å². The summed E-state index contributed by atoms with van der Waals surface area (Å²) in [6, 6.07) is 11.7. The zero-order chi connectivity index (χ0) is 21.6. The van der Waals surface area contributed by atoms with E-state index < -0.39 is 11.9 Å². The highest BCUT2D eigenvalue weighted by Gasteiger charge is 2.29. The van der Waals surface area contributed by atoms with Crippen LogP contribution in [0.5, 0.6) is 0 Å². The van der Waals surface area contributed by atoms with Crippen LogP contribution >= 0.6 is 0 Å². The van der Waals surface area contributed by atoms with Gasteiger partial charge in [0.2, 0.25) is 11.8 Å². The first-order chi connectivity index (χ1) is 15.1. The quantitative estimate of drug-likeness (QED) is 0.480. The fourth-order valence-electron chi connectivity index (χ4n) is 3.59. The lowest BCUT2D eigenvalue weighted by Crippen LogP contribution is -2.44. The molecule has 0 spiro atoms. The van der Waals surface area contributed by atoms with E-state index in [0.717, 1.165) is 37.2 Å². The minimum atomic E-state index is -0.902. The predicted octanol–water partition coefficient (Wildman–Crippen LogP) is 1.70. The van der Waals surface area contributed by atoms with E-state index in [0.29, 0.717) is 17.8 Å². The molecule has 3 amide bonds. The Hall–Kier alpha value is -3.75. The average molecular weight is 420 g/mol. The van der Waals surface area contributed by atoms with Gasteiger partial charge in [-0.3, -0.25) is 18.8 Å². The Kier molecular flexibility index (Phi) is 6.21. The van der Waals surface area contributed by atoms with E-state index in [-0.39, 0.29) is 18.2 Å². The van der Waals surface area contributed by atoms with Gasteiger partial charge in [-0.25, -0.2) is 0 Å². The van der Waals surface area contributed by atoms with E-state index in [1.54, 1.807) is 24.3 Å². The summed E-state index contributed by atoms with van der Waals surface area (Å²) in [6.07, 6.45) is 5.34. The van der Waals surface area contributed by atoms with Crippen molar-refractivity contribution < 1.29 is 14.4 Å². The molecule has 0 aliphatic carbocycles. The maximum absolute atomic E-state index is 12.4. The van der Waals surface area contributed by atoms with Gasteiger partial charge in [0.1, 0.15) is 11.9 Å². The minimum absolute atomic E-state index is 0.0999. The lowest BCUT2D eigenvalue weighted by Gasteiger charge is -2.14. The van der Waals surface area contributed by atoms with Crippen molar-refractivity contribution >= 4 is 29.1 Å². The summed E-state index contributed by atoms with van der Waals surface area (Å²) in [5.41, 5.74) is 1.68. The fraction of sp³-hybridized carbons (Fsp3) is 0.318. The van der Waals surface area contributed by atoms with E-state index >= 15 is 0 Å². The van der Waals surface area contributed by atoms with E-state index in [2.05, 4.69) is 26.1 Å². The summed E-state index contributed by atoms with van der Waals surface area (Å²) in [5.74, 6) is -0.104. The lowest BCUT2D eigenvalue weighted by molar-refractivity contribution is -0.125. The molecule has 9 nitrogen and oxygen atoms in total. The van der Waals surface area contributed by atoms with Crippen LogP contribution in [0, 0.1) is 0 Å². The number of nitrogens with one attached hydrogen (secondary N) is 3. The van der Waals surface area contributed by atoms with Crippen molar-refractivity contribution in [3.8, 4) is 0 Å². The molecule has 0 saturated heterocycles. The van der Waals surface area contributed by atoms with Crippen molar-refractivity contribution in [2.45, 2.75) is 38.1 Å². The molecule has 3 N–H and O–H groups in total. The smallest absolute Gasteiger partial charge is 0.254 e. The van der Waals surface area contributed by atoms with Crippen molar-refractivity contribution in [2.75, 3.05) is 11.9 Å². The highest BCUT2D eigenvalue weighted by Crippen LogP contribution is 2.18. The first-order valence-electron chi connectivity index (χ1n) is 10.4. The molecule has 0 bridgehead atoms. The number of carbonyl (C=O) groups excluding carboxylic acids is 3. The fourth-order valence-corrected chi connectivity index (χ4v) is 3.59. The summed E-state index contributed by atoms with van der Waals surface area (Å²) in [6.45, 7) is 0.516. The molecule has 9 heteroatoms. The van der Waals surface area contributed by atoms with Gasteiger partial charge < -0.3 is 16.0 Å². The Morgan fingerprint density at radius 2 is 1.87 bits per heavy atom. The standard InChI is InChI=1S/C22H24N6O3/c29-20(14-17-22(31)24-16-9-4-3-8-15(16)21(30)25-17)23-12-6-1-2-10-18-26-27-19-11-5-7-13-28(18)19/h3-5,7-9,11,13,17H,1-2,6,10,12,14H2,(H,23,29)(H,24,31)(H,25,30). The van der Waals surface area contributed by atoms with Crippen molar-refractivity contribution in [1.29, 1.82) is 0 Å². The number of anilines is 1. The number of hydrogen-bond acceptors (Lipinski definition) is 5. The molecule has 0 fully saturated rings. The molecule has 0 radical (unpaired) electrons. The van der Waals surface area contributed by atoms with Crippen LogP contribution in [0.1, 0.15) is 41.9 Å². The molecule has 1 atom stereocenters. The molecule has 160 valence electrons. The van der Waals surface area contributed by atoms with Crippen LogP contribution in [0.4, 0.5) is 5.69 Å². The molecular formula is C22H24N6O3. The highest BCUT2D eigenvalue weighted by molar-refractivity contribution is 6.10. The molecule has 4 rings (SSSR count). The Labute approximate surface area is 179 Å². The Balaban J connectivity index is 1.18. The third-order valence-corrected chi connectivity index (χ3v) is 5.22. The topological polar surface area (TPSA) is 117 Å². The van der Waals surface area contributed by atoms with E-state index in [1.807, 2.05) is 28.8 Å². The molecule has 1 aliphatic heterocycles. The van der Waals surface area contributed by atoms with Gasteiger partial charge in [0.15, 0.2) is 5.65 Å². The number of benzene rings is 1. The zero-order valence-electron chi connectivity index (χ0n) is 17.0. The average Bonchev–Trinajstić information content (AvgIpc) is 3.14. The van der Waals surface area contributed by atoms with Gasteiger partial charge in [-0.05, 0) is 37.1 Å². The summed E-state index contributed by atoms with van der Waals surface area (Å²) in [4.78, 5) is 36.9. The largest absolute Gasteiger partial charge is 0.356 e. The molecule has 31 heavy (non-hydrogen) atoms. The van der Waals surface area contributed by atoms with Gasteiger partial charge in [0, 0.05) is 19.2 Å². The highest BCUT2D eigenvalue weighted by atomic mass is 16.2. The van der Waals surface area contributed by atoms with Gasteiger partial charge in [-0.15, -0.1) is 10.2 Å². The number of rotatable bonds is 8. The number of aromatic nitrogens is 3. The van der Waals surface area contributed by atoms with Crippen molar-refractivity contribution in [3.05, 3.63) is 60.0 Å². The molecule has 3 heterocycles. The Bertz CT molecular complexity index is 1110. The number of pyridine rings is 1. The summed E-state index contributed by atoms with van der Waals surface area (Å²) in [7, 11) is 0. The Morgan fingerprint density at radius 3 is 2.77 bits per heavy atom. The first-order valence-corrected chi connectivity index (χ1v) is 10.4. The second-order valence-corrected chi connectivity index (χ2v) is 7.47. The molecule has 3 aromatic rings. The summed E-state index contributed by atoms with van der Waals surface area (Å²) < 4.78 is 1.98. The van der Waals surface area contributed by atoms with E-state index in [4.69, 9.17) is 0 Å². The van der Waals surface area contributed by atoms with Crippen molar-refractivity contribution in [2.24, 2.45) is 0 Å². The third kappa shape index (κ3) is 4.88. The number of hydrogen-bond donors (Lipinski definition) is 3. The SMILES string of the molecule is O=C(CC1NC(=O)c2ccccc2NC1=O)NCCCCCc1nnc2ccccn12. The monoisotopic (exact) mass is 420 g/mol. The predicted molar refractivity (Wildman–Crippen MR) is 114 cm³/mol. The molecule has 1 aliphatic rings. The molecule has 1 unspecified atom stereocenters. The zero-order valence-corrected chi connectivity index (χ0v) is 17.0. The van der Waals surface area contributed by atoms with Crippen LogP contribution in [0.25, 0.3) is 5.65 Å². The van der Waals surface area contributed by atoms with Crippen molar-refractivity contribution in [3.63, 3.8) is 0 Å². The number of carbonyl (C=O) groups is 3. The van der Waals surface area contributed by atoms with Crippen LogP contribution < -0.4 is 16.0 Å². The van der Waals surface area contributed by atoms with Crippen LogP contribution in [0.15, 0.2) is 48.7 Å². The van der Waals surface area contributed by atoms with Crippen LogP contribution in [-0.4, -0.2) is 44.9 Å². The van der Waals surface area contributed by atoms with Gasteiger partial charge in [0.05, 0.1) is 17.7 Å². The maximum Gasteiger partial charge on any atom is 0.254 e. The van der Waals surface area contributed by atoms with Crippen molar-refractivity contribution in [1.82, 2.24) is 25.2 Å². The van der Waals surface area contributed by atoms with E-state index in [9.17, 15) is 14.4 Å². The molecular weight excluding hydrogens is 396 g/mol. The molecule has 0 saturated carbocycles. The number of fused-ring (bicyclic) bond motifs is 2. The van der Waals surface area contributed by atoms with Gasteiger partial charge in [-0.1, -0.05) is 24.6 Å². The third-order valence-electron chi connectivity index (χ3n) is 5.22. The first kappa shape index (κ1) is 20.5. The minimum Gasteiger partial charge on any atom is -0.356 e. The number of unbranched alkanes of at least 4 members (excludes halogenated alkanes) is 2.